The van der Waals surface area contributed by atoms with Crippen molar-refractivity contribution in [3.05, 3.63) is 34.9 Å². The van der Waals surface area contributed by atoms with Crippen LogP contribution in [0.25, 0.3) is 0 Å². The molecule has 0 fully saturated rings. The van der Waals surface area contributed by atoms with E-state index in [-0.39, 0.29) is 0 Å². The van der Waals surface area contributed by atoms with Crippen LogP contribution in [0.2, 0.25) is 0 Å². The SMILES string of the molecule is FC(F)c1cccc(C(F)F)c1C(F)F. The topological polar surface area (TPSA) is 0 Å². The van der Waals surface area contributed by atoms with Gasteiger partial charge in [0.2, 0.25) is 0 Å². The molecule has 0 bridgehead atoms. The zero-order valence-corrected chi connectivity index (χ0v) is 7.23. The van der Waals surface area contributed by atoms with Crippen LogP contribution in [0, 0.1) is 0 Å². The van der Waals surface area contributed by atoms with Gasteiger partial charge in [-0.2, -0.15) is 0 Å². The van der Waals surface area contributed by atoms with E-state index in [9.17, 15) is 26.3 Å². The first-order chi connectivity index (χ1) is 6.95. The van der Waals surface area contributed by atoms with E-state index in [1.807, 2.05) is 0 Å². The zero-order valence-electron chi connectivity index (χ0n) is 7.23. The highest BCUT2D eigenvalue weighted by atomic mass is 19.3. The van der Waals surface area contributed by atoms with Crippen LogP contribution in [-0.4, -0.2) is 0 Å². The van der Waals surface area contributed by atoms with Crippen molar-refractivity contribution < 1.29 is 26.3 Å². The Morgan fingerprint density at radius 3 is 1.33 bits per heavy atom. The maximum absolute atomic E-state index is 12.3. The lowest BCUT2D eigenvalue weighted by molar-refractivity contribution is 0.110. The van der Waals surface area contributed by atoms with Gasteiger partial charge in [-0.05, 0) is 0 Å². The first kappa shape index (κ1) is 11.9. The van der Waals surface area contributed by atoms with Crippen LogP contribution < -0.4 is 0 Å². The quantitative estimate of drug-likeness (QED) is 0.668. The van der Waals surface area contributed by atoms with Crippen LogP contribution in [-0.2, 0) is 0 Å². The second-order valence-electron chi connectivity index (χ2n) is 2.75. The molecule has 0 saturated carbocycles. The molecule has 84 valence electrons. The van der Waals surface area contributed by atoms with Crippen LogP contribution in [0.3, 0.4) is 0 Å². The van der Waals surface area contributed by atoms with Gasteiger partial charge in [0.15, 0.2) is 0 Å². The number of hydrogen-bond donors (Lipinski definition) is 0. The molecule has 0 atom stereocenters. The van der Waals surface area contributed by atoms with E-state index >= 15 is 0 Å². The molecule has 6 heteroatoms. The van der Waals surface area contributed by atoms with Gasteiger partial charge in [-0.1, -0.05) is 18.2 Å². The Kier molecular flexibility index (Phi) is 3.60. The highest BCUT2D eigenvalue weighted by Gasteiger charge is 2.26. The number of alkyl halides is 6. The third kappa shape index (κ3) is 2.43. The van der Waals surface area contributed by atoms with E-state index in [4.69, 9.17) is 0 Å². The van der Waals surface area contributed by atoms with Crippen molar-refractivity contribution >= 4 is 0 Å². The summed E-state index contributed by atoms with van der Waals surface area (Å²) in [7, 11) is 0. The molecule has 0 amide bonds. The Balaban J connectivity index is 3.35. The summed E-state index contributed by atoms with van der Waals surface area (Å²) in [6.45, 7) is 0. The summed E-state index contributed by atoms with van der Waals surface area (Å²) < 4.78 is 73.7. The van der Waals surface area contributed by atoms with Crippen LogP contribution >= 0.6 is 0 Å². The van der Waals surface area contributed by atoms with Crippen molar-refractivity contribution in [2.75, 3.05) is 0 Å². The molecule has 0 N–H and O–H groups in total. The third-order valence-electron chi connectivity index (χ3n) is 1.86. The second kappa shape index (κ2) is 4.55. The molecule has 0 radical (unpaired) electrons. The molecular weight excluding hydrogens is 222 g/mol. The highest BCUT2D eigenvalue weighted by Crippen LogP contribution is 2.36. The van der Waals surface area contributed by atoms with Crippen LogP contribution in [0.1, 0.15) is 36.0 Å². The molecule has 1 aromatic carbocycles. The third-order valence-corrected chi connectivity index (χ3v) is 1.86. The lowest BCUT2D eigenvalue weighted by Gasteiger charge is -2.12. The normalized spacial score (nSPS) is 11.8. The second-order valence-corrected chi connectivity index (χ2v) is 2.75. The zero-order chi connectivity index (χ0) is 11.6. The van der Waals surface area contributed by atoms with Crippen molar-refractivity contribution in [2.24, 2.45) is 0 Å². The van der Waals surface area contributed by atoms with Crippen molar-refractivity contribution in [2.45, 2.75) is 19.3 Å². The fraction of sp³-hybridized carbons (Fsp3) is 0.333. The van der Waals surface area contributed by atoms with E-state index in [0.717, 1.165) is 18.2 Å². The van der Waals surface area contributed by atoms with Crippen molar-refractivity contribution in [1.82, 2.24) is 0 Å². The molecule has 0 heterocycles. The Labute approximate surface area is 81.5 Å². The molecule has 0 spiro atoms. The summed E-state index contributed by atoms with van der Waals surface area (Å²) in [6.07, 6.45) is -9.71. The fourth-order valence-electron chi connectivity index (χ4n) is 1.23. The Bertz CT molecular complexity index is 307. The van der Waals surface area contributed by atoms with Gasteiger partial charge in [0.05, 0.1) is 0 Å². The van der Waals surface area contributed by atoms with Crippen molar-refractivity contribution in [1.29, 1.82) is 0 Å². The van der Waals surface area contributed by atoms with Gasteiger partial charge in [-0.3, -0.25) is 0 Å². The smallest absolute Gasteiger partial charge is 0.205 e. The molecule has 0 aliphatic rings. The van der Waals surface area contributed by atoms with Gasteiger partial charge < -0.3 is 0 Å². The van der Waals surface area contributed by atoms with Gasteiger partial charge in [-0.25, -0.2) is 26.3 Å². The van der Waals surface area contributed by atoms with Gasteiger partial charge in [-0.15, -0.1) is 0 Å². The molecule has 0 aliphatic carbocycles. The van der Waals surface area contributed by atoms with Gasteiger partial charge in [0.1, 0.15) is 0 Å². The molecule has 1 aromatic rings. The summed E-state index contributed by atoms with van der Waals surface area (Å²) >= 11 is 0. The van der Waals surface area contributed by atoms with E-state index in [2.05, 4.69) is 0 Å². The average Bonchev–Trinajstić information content (AvgIpc) is 2.16. The van der Waals surface area contributed by atoms with E-state index in [1.165, 1.54) is 0 Å². The summed E-state index contributed by atoms with van der Waals surface area (Å²) in [5.74, 6) is 0. The van der Waals surface area contributed by atoms with Crippen molar-refractivity contribution in [3.8, 4) is 0 Å². The predicted octanol–water partition coefficient (Wildman–Crippen LogP) is 4.50. The number of halogens is 6. The minimum Gasteiger partial charge on any atom is -0.205 e. The number of benzene rings is 1. The molecule has 0 saturated heterocycles. The van der Waals surface area contributed by atoms with Gasteiger partial charge in [0.25, 0.3) is 19.3 Å². The van der Waals surface area contributed by atoms with E-state index in [0.29, 0.717) is 0 Å². The molecule has 0 nitrogen and oxygen atoms in total. The monoisotopic (exact) mass is 228 g/mol. The summed E-state index contributed by atoms with van der Waals surface area (Å²) in [5.41, 5.74) is -3.34. The average molecular weight is 228 g/mol. The Morgan fingerprint density at radius 2 is 1.07 bits per heavy atom. The molecule has 1 rings (SSSR count). The van der Waals surface area contributed by atoms with Crippen LogP contribution in [0.5, 0.6) is 0 Å². The molecule has 15 heavy (non-hydrogen) atoms. The predicted molar refractivity (Wildman–Crippen MR) is 41.3 cm³/mol. The lowest BCUT2D eigenvalue weighted by Crippen LogP contribution is -2.01. The van der Waals surface area contributed by atoms with E-state index in [1.54, 1.807) is 0 Å². The van der Waals surface area contributed by atoms with Crippen LogP contribution in [0.4, 0.5) is 26.3 Å². The summed E-state index contributed by atoms with van der Waals surface area (Å²) in [4.78, 5) is 0. The summed E-state index contributed by atoms with van der Waals surface area (Å²) in [5, 5.41) is 0. The minimum absolute atomic E-state index is 0.720. The molecule has 0 unspecified atom stereocenters. The standard InChI is InChI=1S/C9H6F6/c10-7(11)4-2-1-3-5(8(12)13)6(4)9(14)15/h1-3,7-9H. The fourth-order valence-corrected chi connectivity index (χ4v) is 1.23. The van der Waals surface area contributed by atoms with Crippen molar-refractivity contribution in [3.63, 3.8) is 0 Å². The summed E-state index contributed by atoms with van der Waals surface area (Å²) in [6, 6.07) is 2.35. The maximum atomic E-state index is 12.3. The molecule has 0 aliphatic heterocycles. The lowest BCUT2D eigenvalue weighted by atomic mass is 10.0. The van der Waals surface area contributed by atoms with Gasteiger partial charge in [0, 0.05) is 16.7 Å². The molecule has 0 aromatic heterocycles. The Morgan fingerprint density at radius 1 is 0.667 bits per heavy atom. The highest BCUT2D eigenvalue weighted by molar-refractivity contribution is 5.37. The first-order valence-corrected chi connectivity index (χ1v) is 3.92. The largest absolute Gasteiger partial charge is 0.264 e. The maximum Gasteiger partial charge on any atom is 0.264 e. The minimum atomic E-state index is -3.33. The van der Waals surface area contributed by atoms with Crippen LogP contribution in [0.15, 0.2) is 18.2 Å². The Hall–Kier alpha value is -1.20. The molecular formula is C9H6F6. The number of rotatable bonds is 3. The first-order valence-electron chi connectivity index (χ1n) is 3.92. The number of hydrogen-bond acceptors (Lipinski definition) is 0. The van der Waals surface area contributed by atoms with E-state index < -0.39 is 36.0 Å². The van der Waals surface area contributed by atoms with Gasteiger partial charge >= 0.3 is 0 Å².